The lowest BCUT2D eigenvalue weighted by Crippen LogP contribution is -2.38. The first-order valence-electron chi connectivity index (χ1n) is 10.7. The summed E-state index contributed by atoms with van der Waals surface area (Å²) >= 11 is 6.13. The lowest BCUT2D eigenvalue weighted by Gasteiger charge is -2.30. The third-order valence-electron chi connectivity index (χ3n) is 5.98. The molecule has 0 unspecified atom stereocenters. The van der Waals surface area contributed by atoms with Crippen LogP contribution in [0, 0.1) is 5.82 Å². The van der Waals surface area contributed by atoms with E-state index in [0.29, 0.717) is 31.8 Å². The van der Waals surface area contributed by atoms with Gasteiger partial charge in [0.05, 0.1) is 11.4 Å². The average Bonchev–Trinajstić information content (AvgIpc) is 3.25. The van der Waals surface area contributed by atoms with Gasteiger partial charge in [0.15, 0.2) is 11.2 Å². The van der Waals surface area contributed by atoms with Crippen LogP contribution in [-0.4, -0.2) is 50.8 Å². The van der Waals surface area contributed by atoms with Crippen molar-refractivity contribution in [2.24, 2.45) is 0 Å². The maximum Gasteiger partial charge on any atom is 0.281 e. The summed E-state index contributed by atoms with van der Waals surface area (Å²) in [7, 11) is -3.58. The Labute approximate surface area is 199 Å². The normalized spacial score (nSPS) is 15.7. The quantitative estimate of drug-likeness (QED) is 0.449. The molecule has 1 aliphatic rings. The SMILES string of the molecule is O=c1[nH]c(C2CCN(S(=O)(=O)c3ccccc3)CC2)nc2c1nnn2Cc1c(F)cccc1Cl. The van der Waals surface area contributed by atoms with Crippen LogP contribution in [0.1, 0.15) is 30.1 Å². The Hall–Kier alpha value is -3.15. The fourth-order valence-electron chi connectivity index (χ4n) is 4.13. The molecule has 3 heterocycles. The first-order chi connectivity index (χ1) is 16.3. The number of halogens is 2. The smallest absolute Gasteiger partial charge is 0.281 e. The van der Waals surface area contributed by atoms with Crippen molar-refractivity contribution in [2.45, 2.75) is 30.2 Å². The largest absolute Gasteiger partial charge is 0.308 e. The summed E-state index contributed by atoms with van der Waals surface area (Å²) in [6.07, 6.45) is 0.975. The van der Waals surface area contributed by atoms with Gasteiger partial charge in [0.25, 0.3) is 5.56 Å². The number of hydrogen-bond donors (Lipinski definition) is 1. The van der Waals surface area contributed by atoms with Gasteiger partial charge in [0.1, 0.15) is 11.6 Å². The van der Waals surface area contributed by atoms with Gasteiger partial charge in [0.2, 0.25) is 10.0 Å². The minimum atomic E-state index is -3.58. The molecule has 2 aromatic carbocycles. The molecular weight excluding hydrogens is 483 g/mol. The summed E-state index contributed by atoms with van der Waals surface area (Å²) in [5.41, 5.74) is 0.0296. The molecule has 12 heteroatoms. The number of sulfonamides is 1. The van der Waals surface area contributed by atoms with Crippen LogP contribution < -0.4 is 5.56 Å². The van der Waals surface area contributed by atoms with Crippen molar-refractivity contribution in [1.82, 2.24) is 29.3 Å². The van der Waals surface area contributed by atoms with Gasteiger partial charge in [-0.05, 0) is 37.1 Å². The highest BCUT2D eigenvalue weighted by atomic mass is 35.5. The van der Waals surface area contributed by atoms with E-state index in [2.05, 4.69) is 20.3 Å². The van der Waals surface area contributed by atoms with Crippen LogP contribution in [0.15, 0.2) is 58.2 Å². The molecule has 176 valence electrons. The van der Waals surface area contributed by atoms with Crippen molar-refractivity contribution >= 4 is 32.8 Å². The summed E-state index contributed by atoms with van der Waals surface area (Å²) in [5.74, 6) is -0.217. The zero-order valence-electron chi connectivity index (χ0n) is 17.9. The number of fused-ring (bicyclic) bond motifs is 1. The predicted octanol–water partition coefficient (Wildman–Crippen LogP) is 2.92. The van der Waals surface area contributed by atoms with Gasteiger partial charge in [-0.3, -0.25) is 4.79 Å². The highest BCUT2D eigenvalue weighted by molar-refractivity contribution is 7.89. The number of benzene rings is 2. The zero-order valence-corrected chi connectivity index (χ0v) is 19.4. The summed E-state index contributed by atoms with van der Waals surface area (Å²) in [6, 6.07) is 12.7. The van der Waals surface area contributed by atoms with E-state index in [1.165, 1.54) is 21.1 Å². The molecule has 1 fully saturated rings. The highest BCUT2D eigenvalue weighted by Crippen LogP contribution is 2.29. The Kier molecular flexibility index (Phi) is 5.92. The Morgan fingerprint density at radius 3 is 2.53 bits per heavy atom. The molecule has 2 aromatic heterocycles. The van der Waals surface area contributed by atoms with Gasteiger partial charge < -0.3 is 4.98 Å². The number of aromatic nitrogens is 5. The summed E-state index contributed by atoms with van der Waals surface area (Å²) in [5, 5.41) is 8.10. The van der Waals surface area contributed by atoms with Crippen LogP contribution in [0.25, 0.3) is 11.2 Å². The van der Waals surface area contributed by atoms with E-state index in [1.807, 2.05) is 0 Å². The zero-order chi connectivity index (χ0) is 23.9. The highest BCUT2D eigenvalue weighted by Gasteiger charge is 2.31. The van der Waals surface area contributed by atoms with Gasteiger partial charge in [-0.25, -0.2) is 22.5 Å². The fraction of sp³-hybridized carbons (Fsp3) is 0.273. The van der Waals surface area contributed by atoms with Crippen molar-refractivity contribution in [1.29, 1.82) is 0 Å². The van der Waals surface area contributed by atoms with Crippen LogP contribution in [0.5, 0.6) is 0 Å². The molecule has 0 atom stereocenters. The van der Waals surface area contributed by atoms with Crippen LogP contribution in [-0.2, 0) is 16.6 Å². The minimum Gasteiger partial charge on any atom is -0.308 e. The topological polar surface area (TPSA) is 114 Å². The van der Waals surface area contributed by atoms with E-state index < -0.39 is 21.4 Å². The van der Waals surface area contributed by atoms with Crippen LogP contribution in [0.3, 0.4) is 0 Å². The van der Waals surface area contributed by atoms with E-state index >= 15 is 0 Å². The van der Waals surface area contributed by atoms with Crippen LogP contribution in [0.2, 0.25) is 5.02 Å². The predicted molar refractivity (Wildman–Crippen MR) is 124 cm³/mol. The molecule has 9 nitrogen and oxygen atoms in total. The summed E-state index contributed by atoms with van der Waals surface area (Å²) in [4.78, 5) is 20.2. The third-order valence-corrected chi connectivity index (χ3v) is 8.25. The number of hydrogen-bond acceptors (Lipinski definition) is 6. The molecule has 0 bridgehead atoms. The van der Waals surface area contributed by atoms with E-state index in [4.69, 9.17) is 11.6 Å². The second-order valence-corrected chi connectivity index (χ2v) is 10.4. The third kappa shape index (κ3) is 4.10. The monoisotopic (exact) mass is 502 g/mol. The molecule has 4 aromatic rings. The van der Waals surface area contributed by atoms with E-state index in [0.717, 1.165) is 0 Å². The molecule has 0 aliphatic carbocycles. The molecule has 1 saturated heterocycles. The second kappa shape index (κ2) is 8.90. The maximum atomic E-state index is 14.3. The van der Waals surface area contributed by atoms with E-state index in [9.17, 15) is 17.6 Å². The number of rotatable bonds is 5. The van der Waals surface area contributed by atoms with E-state index in [-0.39, 0.29) is 39.1 Å². The van der Waals surface area contributed by atoms with Crippen LogP contribution >= 0.6 is 11.6 Å². The summed E-state index contributed by atoms with van der Waals surface area (Å²) in [6.45, 7) is 0.559. The van der Waals surface area contributed by atoms with Crippen molar-refractivity contribution in [2.75, 3.05) is 13.1 Å². The molecule has 34 heavy (non-hydrogen) atoms. The van der Waals surface area contributed by atoms with Crippen molar-refractivity contribution in [3.05, 3.63) is 81.1 Å². The molecule has 0 amide bonds. The molecule has 0 radical (unpaired) electrons. The van der Waals surface area contributed by atoms with Gasteiger partial charge in [-0.15, -0.1) is 5.10 Å². The Bertz CT molecular complexity index is 1490. The first kappa shape index (κ1) is 22.6. The second-order valence-electron chi connectivity index (χ2n) is 8.06. The van der Waals surface area contributed by atoms with Gasteiger partial charge in [-0.2, -0.15) is 4.31 Å². The van der Waals surface area contributed by atoms with E-state index in [1.54, 1.807) is 36.4 Å². The van der Waals surface area contributed by atoms with Gasteiger partial charge >= 0.3 is 0 Å². The number of nitrogens with zero attached hydrogens (tertiary/aromatic N) is 5. The molecule has 1 aliphatic heterocycles. The lowest BCUT2D eigenvalue weighted by atomic mass is 9.97. The first-order valence-corrected chi connectivity index (χ1v) is 12.5. The minimum absolute atomic E-state index is 0.0360. The van der Waals surface area contributed by atoms with Crippen molar-refractivity contribution in [3.8, 4) is 0 Å². The number of H-pyrrole nitrogens is 1. The molecule has 1 N–H and O–H groups in total. The molecular formula is C22H20ClFN6O3S. The maximum absolute atomic E-state index is 14.3. The molecule has 0 saturated carbocycles. The number of aromatic amines is 1. The standard InChI is InChI=1S/C22H20ClFN6O3S/c23-17-7-4-8-18(24)16(17)13-30-21-19(27-28-30)22(31)26-20(25-21)14-9-11-29(12-10-14)34(32,33)15-5-2-1-3-6-15/h1-8,14H,9-13H2,(H,25,26,31). The molecule has 0 spiro atoms. The Morgan fingerprint density at radius 1 is 1.09 bits per heavy atom. The molecule has 5 rings (SSSR count). The summed E-state index contributed by atoms with van der Waals surface area (Å²) < 4.78 is 42.8. The fourth-order valence-corrected chi connectivity index (χ4v) is 5.84. The number of nitrogens with one attached hydrogen (secondary N) is 1. The lowest BCUT2D eigenvalue weighted by molar-refractivity contribution is 0.313. The Balaban J connectivity index is 1.40. The number of piperidine rings is 1. The Morgan fingerprint density at radius 2 is 1.82 bits per heavy atom. The van der Waals surface area contributed by atoms with Gasteiger partial charge in [0, 0.05) is 29.6 Å². The van der Waals surface area contributed by atoms with Crippen molar-refractivity contribution < 1.29 is 12.8 Å². The van der Waals surface area contributed by atoms with Crippen LogP contribution in [0.4, 0.5) is 4.39 Å². The average molecular weight is 503 g/mol. The van der Waals surface area contributed by atoms with Gasteiger partial charge in [-0.1, -0.05) is 41.1 Å². The van der Waals surface area contributed by atoms with Crippen molar-refractivity contribution in [3.63, 3.8) is 0 Å².